The topological polar surface area (TPSA) is 72.9 Å². The fourth-order valence-corrected chi connectivity index (χ4v) is 3.95. The molecule has 0 bridgehead atoms. The number of nitrogens with zero attached hydrogens (tertiary/aromatic N) is 2. The van der Waals surface area contributed by atoms with Crippen molar-refractivity contribution in [1.29, 1.82) is 0 Å². The molecule has 1 fully saturated rings. The first-order valence-corrected chi connectivity index (χ1v) is 10.2. The molecular formula is C23H29N3O4. The summed E-state index contributed by atoms with van der Waals surface area (Å²) >= 11 is 0. The number of fused-ring (bicyclic) bond motifs is 2. The summed E-state index contributed by atoms with van der Waals surface area (Å²) < 4.78 is 17.3. The van der Waals surface area contributed by atoms with Gasteiger partial charge in [0.15, 0.2) is 0 Å². The summed E-state index contributed by atoms with van der Waals surface area (Å²) in [5.41, 5.74) is 2.44. The second-order valence-electron chi connectivity index (χ2n) is 8.99. The van der Waals surface area contributed by atoms with Gasteiger partial charge in [0.2, 0.25) is 0 Å². The Labute approximate surface area is 177 Å². The van der Waals surface area contributed by atoms with Crippen molar-refractivity contribution in [2.24, 2.45) is 0 Å². The van der Waals surface area contributed by atoms with E-state index in [1.165, 1.54) is 0 Å². The molecule has 160 valence electrons. The Kier molecular flexibility index (Phi) is 5.20. The molecule has 0 saturated carbocycles. The number of anilines is 3. The molecule has 7 heteroatoms. The van der Waals surface area contributed by atoms with Gasteiger partial charge in [0.25, 0.3) is 0 Å². The third-order valence-electron chi connectivity index (χ3n) is 5.51. The van der Waals surface area contributed by atoms with E-state index in [9.17, 15) is 4.79 Å². The number of hydrogen-bond acceptors (Lipinski definition) is 6. The van der Waals surface area contributed by atoms with E-state index in [4.69, 9.17) is 14.2 Å². The molecule has 2 atom stereocenters. The van der Waals surface area contributed by atoms with Crippen LogP contribution in [0.2, 0.25) is 0 Å². The number of carbonyl (C=O) groups excluding carboxylic acids is 1. The van der Waals surface area contributed by atoms with Crippen LogP contribution in [0.3, 0.4) is 0 Å². The van der Waals surface area contributed by atoms with Crippen LogP contribution in [0.25, 0.3) is 0 Å². The molecule has 7 nitrogen and oxygen atoms in total. The zero-order chi connectivity index (χ0) is 21.5. The lowest BCUT2D eigenvalue weighted by molar-refractivity contribution is 0.01000. The van der Waals surface area contributed by atoms with Gasteiger partial charge < -0.3 is 19.5 Å². The van der Waals surface area contributed by atoms with Gasteiger partial charge in [0, 0.05) is 31.8 Å². The molecule has 2 unspecified atom stereocenters. The van der Waals surface area contributed by atoms with Crippen molar-refractivity contribution >= 4 is 23.3 Å². The number of amides is 1. The lowest BCUT2D eigenvalue weighted by Crippen LogP contribution is -2.34. The Bertz CT molecular complexity index is 956. The molecule has 4 rings (SSSR count). The fourth-order valence-electron chi connectivity index (χ4n) is 3.95. The quantitative estimate of drug-likeness (QED) is 0.770. The predicted molar refractivity (Wildman–Crippen MR) is 115 cm³/mol. The summed E-state index contributed by atoms with van der Waals surface area (Å²) in [4.78, 5) is 19.2. The summed E-state index contributed by atoms with van der Waals surface area (Å²) in [6.45, 7) is 8.76. The molecule has 1 amide bonds. The van der Waals surface area contributed by atoms with E-state index in [1.54, 1.807) is 18.2 Å². The summed E-state index contributed by atoms with van der Waals surface area (Å²) in [5, 5.41) is 3.46. The summed E-state index contributed by atoms with van der Waals surface area (Å²) in [7, 11) is 1.71. The highest BCUT2D eigenvalue weighted by atomic mass is 16.6. The van der Waals surface area contributed by atoms with E-state index in [-0.39, 0.29) is 6.10 Å². The molecule has 30 heavy (non-hydrogen) atoms. The van der Waals surface area contributed by atoms with Crippen molar-refractivity contribution in [3.63, 3.8) is 0 Å². The number of benzene rings is 1. The number of nitrogens with one attached hydrogen (secondary N) is 1. The van der Waals surface area contributed by atoms with Gasteiger partial charge in [-0.1, -0.05) is 12.1 Å². The highest BCUT2D eigenvalue weighted by Crippen LogP contribution is 2.43. The molecule has 1 aromatic carbocycles. The monoisotopic (exact) mass is 411 g/mol. The fraction of sp³-hybridized carbons (Fsp3) is 0.478. The smallest absolute Gasteiger partial charge is 0.420 e. The Balaban J connectivity index is 1.76. The molecule has 2 aliphatic heterocycles. The second kappa shape index (κ2) is 7.56. The highest BCUT2D eigenvalue weighted by Gasteiger charge is 2.39. The van der Waals surface area contributed by atoms with Gasteiger partial charge in [0.1, 0.15) is 11.4 Å². The Hall–Kier alpha value is -2.64. The molecule has 2 aromatic rings. The maximum absolute atomic E-state index is 13.2. The first kappa shape index (κ1) is 20.6. The Morgan fingerprint density at radius 1 is 1.33 bits per heavy atom. The Morgan fingerprint density at radius 3 is 2.83 bits per heavy atom. The lowest BCUT2D eigenvalue weighted by Gasteiger charge is -2.29. The van der Waals surface area contributed by atoms with Gasteiger partial charge in [-0.15, -0.1) is 0 Å². The van der Waals surface area contributed by atoms with Crippen LogP contribution < -0.4 is 10.2 Å². The predicted octanol–water partition coefficient (Wildman–Crippen LogP) is 4.73. The summed E-state index contributed by atoms with van der Waals surface area (Å²) in [6, 6.07) is 9.82. The van der Waals surface area contributed by atoms with Crippen molar-refractivity contribution in [1.82, 2.24) is 4.98 Å². The van der Waals surface area contributed by atoms with Crippen LogP contribution in [0.5, 0.6) is 0 Å². The van der Waals surface area contributed by atoms with Crippen molar-refractivity contribution < 1.29 is 19.0 Å². The SMILES string of the molecule is COC1COC(C)(c2ccc3c(c2)NCc2cccnc2N3C(=O)OC(C)(C)C)C1. The van der Waals surface area contributed by atoms with E-state index >= 15 is 0 Å². The van der Waals surface area contributed by atoms with Crippen molar-refractivity contribution in [2.45, 2.75) is 58.0 Å². The van der Waals surface area contributed by atoms with Crippen LogP contribution in [0.15, 0.2) is 36.5 Å². The summed E-state index contributed by atoms with van der Waals surface area (Å²) in [6.07, 6.45) is 2.09. The molecule has 0 radical (unpaired) electrons. The minimum absolute atomic E-state index is 0.0773. The number of methoxy groups -OCH3 is 1. The number of carbonyl (C=O) groups is 1. The van der Waals surface area contributed by atoms with E-state index in [1.807, 2.05) is 45.0 Å². The largest absolute Gasteiger partial charge is 0.443 e. The van der Waals surface area contributed by atoms with Crippen molar-refractivity contribution in [2.75, 3.05) is 23.9 Å². The Morgan fingerprint density at radius 2 is 2.13 bits per heavy atom. The van der Waals surface area contributed by atoms with Crippen LogP contribution in [0.4, 0.5) is 22.0 Å². The van der Waals surface area contributed by atoms with E-state index < -0.39 is 17.3 Å². The van der Waals surface area contributed by atoms with E-state index in [0.717, 1.165) is 23.2 Å². The van der Waals surface area contributed by atoms with Gasteiger partial charge >= 0.3 is 6.09 Å². The first-order valence-electron chi connectivity index (χ1n) is 10.2. The van der Waals surface area contributed by atoms with Crippen LogP contribution in [0.1, 0.15) is 45.2 Å². The molecular weight excluding hydrogens is 382 g/mol. The van der Waals surface area contributed by atoms with Gasteiger partial charge in [-0.05, 0) is 51.5 Å². The molecule has 1 N–H and O–H groups in total. The number of pyridine rings is 1. The van der Waals surface area contributed by atoms with E-state index in [0.29, 0.717) is 24.7 Å². The van der Waals surface area contributed by atoms with Crippen molar-refractivity contribution in [3.05, 3.63) is 47.7 Å². The number of ether oxygens (including phenoxy) is 3. The van der Waals surface area contributed by atoms with Gasteiger partial charge in [0.05, 0.1) is 29.7 Å². The van der Waals surface area contributed by atoms with Crippen LogP contribution in [-0.4, -0.2) is 36.5 Å². The summed E-state index contributed by atoms with van der Waals surface area (Å²) in [5.74, 6) is 0.577. The van der Waals surface area contributed by atoms with Gasteiger partial charge in [-0.3, -0.25) is 0 Å². The molecule has 0 aliphatic carbocycles. The minimum atomic E-state index is -0.619. The normalized spacial score (nSPS) is 23.2. The average Bonchev–Trinajstić information content (AvgIpc) is 3.00. The van der Waals surface area contributed by atoms with Crippen LogP contribution in [0, 0.1) is 0 Å². The van der Waals surface area contributed by atoms with Crippen molar-refractivity contribution in [3.8, 4) is 0 Å². The molecule has 2 aliphatic rings. The maximum Gasteiger partial charge on any atom is 0.420 e. The average molecular weight is 412 g/mol. The van der Waals surface area contributed by atoms with Crippen LogP contribution >= 0.6 is 0 Å². The molecule has 0 spiro atoms. The third kappa shape index (κ3) is 3.87. The number of rotatable bonds is 2. The van der Waals surface area contributed by atoms with Crippen LogP contribution in [-0.2, 0) is 26.4 Å². The number of hydrogen-bond donors (Lipinski definition) is 1. The third-order valence-corrected chi connectivity index (χ3v) is 5.51. The standard InChI is InChI=1S/C23H29N3O4/c1-22(2,3)30-21(27)26-19-9-8-16(23(4)12-17(28-5)14-29-23)11-18(19)25-13-15-7-6-10-24-20(15)26/h6-11,17,25H,12-14H2,1-5H3. The van der Waals surface area contributed by atoms with E-state index in [2.05, 4.69) is 23.3 Å². The molecule has 1 aromatic heterocycles. The minimum Gasteiger partial charge on any atom is -0.443 e. The first-order chi connectivity index (χ1) is 14.2. The highest BCUT2D eigenvalue weighted by molar-refractivity contribution is 6.00. The lowest BCUT2D eigenvalue weighted by atomic mass is 9.91. The molecule has 1 saturated heterocycles. The second-order valence-corrected chi connectivity index (χ2v) is 8.99. The molecule has 3 heterocycles. The zero-order valence-corrected chi connectivity index (χ0v) is 18.2. The zero-order valence-electron chi connectivity index (χ0n) is 18.2. The van der Waals surface area contributed by atoms with Gasteiger partial charge in [-0.25, -0.2) is 14.7 Å². The maximum atomic E-state index is 13.2. The van der Waals surface area contributed by atoms with Gasteiger partial charge in [-0.2, -0.15) is 0 Å². The number of aromatic nitrogens is 1.